The number of aliphatic hydroxyl groups excluding tert-OH is 1. The minimum Gasteiger partial charge on any atom is -0.391 e. The fourth-order valence-electron chi connectivity index (χ4n) is 5.34. The zero-order chi connectivity index (χ0) is 25.7. The number of likely N-dealkylation sites (N-methyl/N-ethyl adjacent to an activating group) is 1. The molecule has 2 aromatic rings. The number of anilines is 1. The van der Waals surface area contributed by atoms with Gasteiger partial charge >= 0.3 is 6.03 Å². The van der Waals surface area contributed by atoms with Crippen LogP contribution in [0.4, 0.5) is 14.9 Å². The predicted molar refractivity (Wildman–Crippen MR) is 138 cm³/mol. The van der Waals surface area contributed by atoms with Crippen LogP contribution in [0.15, 0.2) is 48.5 Å². The molecule has 0 spiro atoms. The van der Waals surface area contributed by atoms with Crippen LogP contribution in [-0.2, 0) is 6.54 Å². The normalized spacial score (nSPS) is 20.1. The molecule has 0 bridgehead atoms. The summed E-state index contributed by atoms with van der Waals surface area (Å²) in [5, 5.41) is 20.0. The van der Waals surface area contributed by atoms with Crippen molar-refractivity contribution in [1.29, 1.82) is 5.26 Å². The molecule has 0 aromatic heterocycles. The number of rotatable bonds is 6. The van der Waals surface area contributed by atoms with Gasteiger partial charge in [0.05, 0.1) is 11.7 Å². The van der Waals surface area contributed by atoms with Gasteiger partial charge in [-0.15, -0.1) is 0 Å². The number of nitriles is 1. The fourth-order valence-corrected chi connectivity index (χ4v) is 5.34. The predicted octanol–water partition coefficient (Wildman–Crippen LogP) is 3.53. The first-order chi connectivity index (χ1) is 17.4. The lowest BCUT2D eigenvalue weighted by Gasteiger charge is -2.43. The largest absolute Gasteiger partial charge is 0.391 e. The van der Waals surface area contributed by atoms with E-state index in [0.717, 1.165) is 38.2 Å². The number of halogens is 1. The number of benzene rings is 2. The Morgan fingerprint density at radius 1 is 1.17 bits per heavy atom. The first-order valence-electron chi connectivity index (χ1n) is 12.8. The van der Waals surface area contributed by atoms with Gasteiger partial charge in [0.1, 0.15) is 11.9 Å². The smallest absolute Gasteiger partial charge is 0.320 e. The van der Waals surface area contributed by atoms with E-state index >= 15 is 0 Å². The molecule has 0 aliphatic carbocycles. The lowest BCUT2D eigenvalue weighted by molar-refractivity contribution is 0.0361. The fraction of sp³-hybridized carbons (Fsp3) is 0.500. The van der Waals surface area contributed by atoms with Gasteiger partial charge in [-0.3, -0.25) is 4.90 Å². The average molecular weight is 494 g/mol. The molecule has 0 radical (unpaired) electrons. The van der Waals surface area contributed by atoms with Crippen LogP contribution in [0, 0.1) is 23.1 Å². The summed E-state index contributed by atoms with van der Waals surface area (Å²) >= 11 is 0. The Morgan fingerprint density at radius 3 is 2.56 bits per heavy atom. The molecule has 2 heterocycles. The number of aliphatic hydroxyl groups is 1. The summed E-state index contributed by atoms with van der Waals surface area (Å²) in [6.07, 6.45) is 1.30. The van der Waals surface area contributed by atoms with E-state index in [2.05, 4.69) is 34.1 Å². The summed E-state index contributed by atoms with van der Waals surface area (Å²) in [5.41, 5.74) is 2.12. The molecule has 2 atom stereocenters. The number of nitrogens with zero attached hydrogens (tertiary/aromatic N) is 5. The standard InChI is InChI=1S/C28H36FN5O2/c1-21-18-33(25-8-9-26(29)24(16-25)17-30)14-15-34(21)28(36)31(2)20-27(35)23-10-12-32(13-11-23)19-22-6-4-3-5-7-22/h3-9,16,21,23,27,35H,10-15,18-20H2,1-2H3/t21-,27-/m1/s1. The van der Waals surface area contributed by atoms with Gasteiger partial charge in [0, 0.05) is 51.5 Å². The Morgan fingerprint density at radius 2 is 1.89 bits per heavy atom. The first-order valence-corrected chi connectivity index (χ1v) is 12.8. The number of piperidine rings is 1. The minimum atomic E-state index is -0.543. The van der Waals surface area contributed by atoms with Gasteiger partial charge in [0.2, 0.25) is 0 Å². The van der Waals surface area contributed by atoms with E-state index in [1.54, 1.807) is 24.1 Å². The monoisotopic (exact) mass is 493 g/mol. The van der Waals surface area contributed by atoms with Crippen molar-refractivity contribution in [2.75, 3.05) is 51.2 Å². The minimum absolute atomic E-state index is 0.0262. The van der Waals surface area contributed by atoms with Crippen molar-refractivity contribution in [3.05, 3.63) is 65.5 Å². The van der Waals surface area contributed by atoms with Crippen molar-refractivity contribution in [2.45, 2.75) is 38.5 Å². The highest BCUT2D eigenvalue weighted by Gasteiger charge is 2.32. The molecule has 36 heavy (non-hydrogen) atoms. The van der Waals surface area contributed by atoms with Gasteiger partial charge in [-0.05, 0) is 62.5 Å². The van der Waals surface area contributed by atoms with Gasteiger partial charge < -0.3 is 19.8 Å². The number of piperazine rings is 1. The van der Waals surface area contributed by atoms with E-state index in [1.807, 2.05) is 24.0 Å². The number of hydrogen-bond donors (Lipinski definition) is 1. The zero-order valence-electron chi connectivity index (χ0n) is 21.2. The van der Waals surface area contributed by atoms with E-state index in [1.165, 1.54) is 11.6 Å². The van der Waals surface area contributed by atoms with Gasteiger partial charge in [0.25, 0.3) is 0 Å². The maximum absolute atomic E-state index is 13.7. The van der Waals surface area contributed by atoms with E-state index in [4.69, 9.17) is 5.26 Å². The molecule has 0 unspecified atom stereocenters. The SMILES string of the molecule is C[C@@H]1CN(c2ccc(F)c(C#N)c2)CCN1C(=O)N(C)C[C@@H](O)C1CCN(Cc2ccccc2)CC1. The third-order valence-electron chi connectivity index (χ3n) is 7.52. The lowest BCUT2D eigenvalue weighted by atomic mass is 9.90. The molecule has 4 rings (SSSR count). The number of carbonyl (C=O) groups excluding carboxylic acids is 1. The molecule has 2 fully saturated rings. The number of urea groups is 1. The number of amides is 2. The molecule has 2 aromatic carbocycles. The molecule has 8 heteroatoms. The second kappa shape index (κ2) is 11.7. The second-order valence-electron chi connectivity index (χ2n) is 10.1. The van der Waals surface area contributed by atoms with Crippen molar-refractivity contribution in [2.24, 2.45) is 5.92 Å². The van der Waals surface area contributed by atoms with Gasteiger partial charge in [0.15, 0.2) is 0 Å². The molecular formula is C28H36FN5O2. The molecule has 2 aliphatic heterocycles. The topological polar surface area (TPSA) is 74.0 Å². The Hall–Kier alpha value is -3.15. The summed E-state index contributed by atoms with van der Waals surface area (Å²) in [7, 11) is 1.76. The Bertz CT molecular complexity index is 1070. The van der Waals surface area contributed by atoms with Crippen molar-refractivity contribution < 1.29 is 14.3 Å². The molecular weight excluding hydrogens is 457 g/mol. The van der Waals surface area contributed by atoms with Crippen LogP contribution in [0.1, 0.15) is 30.9 Å². The summed E-state index contributed by atoms with van der Waals surface area (Å²) < 4.78 is 13.7. The van der Waals surface area contributed by atoms with Crippen LogP contribution < -0.4 is 4.90 Å². The molecule has 7 nitrogen and oxygen atoms in total. The summed E-state index contributed by atoms with van der Waals surface area (Å²) in [6, 6.07) is 16.7. The molecule has 2 aliphatic rings. The quantitative estimate of drug-likeness (QED) is 0.667. The van der Waals surface area contributed by atoms with Gasteiger partial charge in [-0.2, -0.15) is 5.26 Å². The van der Waals surface area contributed by atoms with E-state index in [0.29, 0.717) is 26.2 Å². The van der Waals surface area contributed by atoms with Gasteiger partial charge in [-0.1, -0.05) is 30.3 Å². The van der Waals surface area contributed by atoms with E-state index < -0.39 is 11.9 Å². The van der Waals surface area contributed by atoms with Crippen LogP contribution in [0.25, 0.3) is 0 Å². The summed E-state index contributed by atoms with van der Waals surface area (Å²) in [6.45, 7) is 6.86. The van der Waals surface area contributed by atoms with Crippen molar-refractivity contribution in [1.82, 2.24) is 14.7 Å². The highest BCUT2D eigenvalue weighted by molar-refractivity contribution is 5.75. The average Bonchev–Trinajstić information content (AvgIpc) is 2.89. The first kappa shape index (κ1) is 25.9. The third kappa shape index (κ3) is 6.15. The Balaban J connectivity index is 1.25. The van der Waals surface area contributed by atoms with Crippen molar-refractivity contribution in [3.8, 4) is 6.07 Å². The van der Waals surface area contributed by atoms with Crippen LogP contribution in [0.5, 0.6) is 0 Å². The van der Waals surface area contributed by atoms with E-state index in [9.17, 15) is 14.3 Å². The van der Waals surface area contributed by atoms with Gasteiger partial charge in [-0.25, -0.2) is 9.18 Å². The maximum atomic E-state index is 13.7. The maximum Gasteiger partial charge on any atom is 0.320 e. The van der Waals surface area contributed by atoms with E-state index in [-0.39, 0.29) is 23.6 Å². The van der Waals surface area contributed by atoms with Crippen LogP contribution in [0.3, 0.4) is 0 Å². The van der Waals surface area contributed by atoms with Crippen LogP contribution >= 0.6 is 0 Å². The number of likely N-dealkylation sites (tertiary alicyclic amines) is 1. The molecule has 1 N–H and O–H groups in total. The summed E-state index contributed by atoms with van der Waals surface area (Å²) in [4.78, 5) is 21.2. The second-order valence-corrected chi connectivity index (χ2v) is 10.1. The molecule has 2 amide bonds. The van der Waals surface area contributed by atoms with Crippen molar-refractivity contribution in [3.63, 3.8) is 0 Å². The zero-order valence-corrected chi connectivity index (χ0v) is 21.2. The summed E-state index contributed by atoms with van der Waals surface area (Å²) in [5.74, 6) is -0.334. The van der Waals surface area contributed by atoms with Crippen molar-refractivity contribution >= 4 is 11.7 Å². The Labute approximate surface area is 213 Å². The lowest BCUT2D eigenvalue weighted by Crippen LogP contribution is -2.57. The third-order valence-corrected chi connectivity index (χ3v) is 7.52. The van der Waals surface area contributed by atoms with Crippen LogP contribution in [-0.4, -0.2) is 84.3 Å². The van der Waals surface area contributed by atoms with Crippen LogP contribution in [0.2, 0.25) is 0 Å². The highest BCUT2D eigenvalue weighted by atomic mass is 19.1. The Kier molecular flexibility index (Phi) is 8.44. The molecule has 2 saturated heterocycles. The highest BCUT2D eigenvalue weighted by Crippen LogP contribution is 2.25. The number of carbonyl (C=O) groups is 1. The molecule has 0 saturated carbocycles. The number of hydrogen-bond acceptors (Lipinski definition) is 5. The molecule has 192 valence electrons.